The average molecular weight is 415 g/mol. The van der Waals surface area contributed by atoms with Crippen LogP contribution < -0.4 is 15.5 Å². The molecule has 160 valence electrons. The molecule has 0 saturated carbocycles. The lowest BCUT2D eigenvalue weighted by molar-refractivity contribution is -0.384. The largest absolute Gasteiger partial charge is 0.366 e. The number of carbonyl (C=O) groups is 3. The monoisotopic (exact) mass is 415 g/mol. The fourth-order valence-corrected chi connectivity index (χ4v) is 4.54. The number of piperidine rings is 1. The minimum absolute atomic E-state index is 0.0568. The van der Waals surface area contributed by atoms with Gasteiger partial charge in [-0.3, -0.25) is 25.0 Å². The summed E-state index contributed by atoms with van der Waals surface area (Å²) in [5.74, 6) is -0.669. The van der Waals surface area contributed by atoms with Crippen LogP contribution in [0.25, 0.3) is 0 Å². The van der Waals surface area contributed by atoms with Gasteiger partial charge in [-0.2, -0.15) is 0 Å². The molecule has 0 unspecified atom stereocenters. The number of carbonyl (C=O) groups excluding carboxylic acids is 3. The number of imide groups is 1. The first-order chi connectivity index (χ1) is 14.4. The lowest BCUT2D eigenvalue weighted by atomic mass is 9.87. The Labute approximate surface area is 173 Å². The SMILES string of the molecule is O=C1NC(=O)C2(CCN(C(=O)c3ccc(N4CCCCCC4)c([N+](=O)[O-])c3)CC2)N1. The number of nitro benzene ring substituents is 1. The fraction of sp³-hybridized carbons (Fsp3) is 0.550. The highest BCUT2D eigenvalue weighted by atomic mass is 16.6. The minimum Gasteiger partial charge on any atom is -0.366 e. The van der Waals surface area contributed by atoms with E-state index in [0.717, 1.165) is 38.8 Å². The van der Waals surface area contributed by atoms with Crippen molar-refractivity contribution in [3.05, 3.63) is 33.9 Å². The van der Waals surface area contributed by atoms with E-state index in [9.17, 15) is 24.5 Å². The van der Waals surface area contributed by atoms with Gasteiger partial charge in [-0.25, -0.2) is 4.79 Å². The first-order valence-electron chi connectivity index (χ1n) is 10.4. The number of amides is 4. The fourth-order valence-electron chi connectivity index (χ4n) is 4.54. The quantitative estimate of drug-likeness (QED) is 0.440. The van der Waals surface area contributed by atoms with Crippen LogP contribution in [0.15, 0.2) is 18.2 Å². The molecule has 2 N–H and O–H groups in total. The third-order valence-electron chi connectivity index (χ3n) is 6.28. The van der Waals surface area contributed by atoms with Gasteiger partial charge in [0.2, 0.25) is 0 Å². The van der Waals surface area contributed by atoms with Gasteiger partial charge in [-0.05, 0) is 37.8 Å². The third-order valence-corrected chi connectivity index (χ3v) is 6.28. The van der Waals surface area contributed by atoms with Crippen molar-refractivity contribution in [2.24, 2.45) is 0 Å². The Balaban J connectivity index is 1.50. The van der Waals surface area contributed by atoms with E-state index in [0.29, 0.717) is 18.5 Å². The number of urea groups is 1. The molecule has 4 rings (SSSR count). The number of nitro groups is 1. The molecule has 30 heavy (non-hydrogen) atoms. The standard InChI is InChI=1S/C20H25N5O5/c26-17(24-11-7-20(8-12-24)18(27)21-19(28)22-20)14-5-6-15(16(13-14)25(29)30)23-9-3-1-2-4-10-23/h5-6,13H,1-4,7-12H2,(H2,21,22,27,28). The van der Waals surface area contributed by atoms with E-state index < -0.39 is 16.5 Å². The molecule has 1 aromatic rings. The number of hydrogen-bond acceptors (Lipinski definition) is 6. The molecule has 10 nitrogen and oxygen atoms in total. The van der Waals surface area contributed by atoms with Crippen LogP contribution in [-0.4, -0.2) is 59.4 Å². The Morgan fingerprint density at radius 1 is 1.03 bits per heavy atom. The van der Waals surface area contributed by atoms with Crippen molar-refractivity contribution in [3.8, 4) is 0 Å². The maximum absolute atomic E-state index is 13.0. The van der Waals surface area contributed by atoms with Gasteiger partial charge in [-0.15, -0.1) is 0 Å². The van der Waals surface area contributed by atoms with Gasteiger partial charge in [0.05, 0.1) is 4.92 Å². The summed E-state index contributed by atoms with van der Waals surface area (Å²) in [5, 5.41) is 16.6. The molecule has 3 fully saturated rings. The van der Waals surface area contributed by atoms with Crippen molar-refractivity contribution >= 4 is 29.2 Å². The van der Waals surface area contributed by atoms with E-state index in [1.807, 2.05) is 4.90 Å². The van der Waals surface area contributed by atoms with E-state index in [1.165, 1.54) is 6.07 Å². The van der Waals surface area contributed by atoms with Crippen molar-refractivity contribution in [3.63, 3.8) is 0 Å². The zero-order chi connectivity index (χ0) is 21.3. The first kappa shape index (κ1) is 20.1. The highest BCUT2D eigenvalue weighted by Crippen LogP contribution is 2.32. The molecule has 0 aromatic heterocycles. The predicted octanol–water partition coefficient (Wildman–Crippen LogP) is 1.79. The highest BCUT2D eigenvalue weighted by molar-refractivity contribution is 6.07. The van der Waals surface area contributed by atoms with Crippen LogP contribution in [0.4, 0.5) is 16.2 Å². The summed E-state index contributed by atoms with van der Waals surface area (Å²) in [6.07, 6.45) is 4.86. The van der Waals surface area contributed by atoms with Gasteiger partial charge < -0.3 is 15.1 Å². The summed E-state index contributed by atoms with van der Waals surface area (Å²) in [6.45, 7) is 2.12. The molecular formula is C20H25N5O5. The first-order valence-corrected chi connectivity index (χ1v) is 10.4. The predicted molar refractivity (Wildman–Crippen MR) is 108 cm³/mol. The Kier molecular flexibility index (Phi) is 5.31. The lowest BCUT2D eigenvalue weighted by Crippen LogP contribution is -2.55. The van der Waals surface area contributed by atoms with Gasteiger partial charge in [0.15, 0.2) is 0 Å². The van der Waals surface area contributed by atoms with E-state index in [1.54, 1.807) is 17.0 Å². The molecule has 1 spiro atoms. The van der Waals surface area contributed by atoms with Gasteiger partial charge >= 0.3 is 6.03 Å². The van der Waals surface area contributed by atoms with Crippen molar-refractivity contribution in [1.29, 1.82) is 0 Å². The third kappa shape index (κ3) is 3.69. The molecular weight excluding hydrogens is 390 g/mol. The maximum Gasteiger partial charge on any atom is 0.322 e. The van der Waals surface area contributed by atoms with Crippen molar-refractivity contribution in [1.82, 2.24) is 15.5 Å². The van der Waals surface area contributed by atoms with Crippen LogP contribution in [0.1, 0.15) is 48.9 Å². The number of hydrogen-bond donors (Lipinski definition) is 2. The second-order valence-corrected chi connectivity index (χ2v) is 8.14. The molecule has 0 aliphatic carbocycles. The number of benzene rings is 1. The molecule has 0 atom stereocenters. The summed E-state index contributed by atoms with van der Waals surface area (Å²) >= 11 is 0. The normalized spacial score (nSPS) is 21.2. The van der Waals surface area contributed by atoms with Gasteiger partial charge in [0.1, 0.15) is 11.2 Å². The maximum atomic E-state index is 13.0. The van der Waals surface area contributed by atoms with Crippen LogP contribution in [0.2, 0.25) is 0 Å². The topological polar surface area (TPSA) is 125 Å². The van der Waals surface area contributed by atoms with Gasteiger partial charge in [-0.1, -0.05) is 12.8 Å². The lowest BCUT2D eigenvalue weighted by Gasteiger charge is -2.37. The Hall–Kier alpha value is -3.17. The second-order valence-electron chi connectivity index (χ2n) is 8.14. The van der Waals surface area contributed by atoms with E-state index in [4.69, 9.17) is 0 Å². The number of anilines is 1. The van der Waals surface area contributed by atoms with Crippen LogP contribution in [0.5, 0.6) is 0 Å². The van der Waals surface area contributed by atoms with Crippen molar-refractivity contribution < 1.29 is 19.3 Å². The molecule has 0 radical (unpaired) electrons. The molecule has 3 saturated heterocycles. The van der Waals surface area contributed by atoms with Crippen molar-refractivity contribution in [2.75, 3.05) is 31.1 Å². The van der Waals surface area contributed by atoms with Crippen LogP contribution in [0, 0.1) is 10.1 Å². The zero-order valence-corrected chi connectivity index (χ0v) is 16.7. The molecule has 1 aromatic carbocycles. The number of nitrogens with zero attached hydrogens (tertiary/aromatic N) is 3. The Morgan fingerprint density at radius 3 is 2.27 bits per heavy atom. The summed E-state index contributed by atoms with van der Waals surface area (Å²) in [7, 11) is 0. The van der Waals surface area contributed by atoms with E-state index in [-0.39, 0.29) is 36.2 Å². The second kappa shape index (κ2) is 7.92. The summed E-state index contributed by atoms with van der Waals surface area (Å²) in [6, 6.07) is 4.16. The van der Waals surface area contributed by atoms with E-state index >= 15 is 0 Å². The average Bonchev–Trinajstić information content (AvgIpc) is 2.92. The number of likely N-dealkylation sites (tertiary alicyclic amines) is 1. The summed E-state index contributed by atoms with van der Waals surface area (Å²) in [5.41, 5.74) is -0.201. The molecule has 3 aliphatic rings. The van der Waals surface area contributed by atoms with Gasteiger partial charge in [0, 0.05) is 37.8 Å². The molecule has 4 amide bonds. The highest BCUT2D eigenvalue weighted by Gasteiger charge is 2.48. The Morgan fingerprint density at radius 2 is 1.70 bits per heavy atom. The summed E-state index contributed by atoms with van der Waals surface area (Å²) in [4.78, 5) is 51.4. The smallest absolute Gasteiger partial charge is 0.322 e. The molecule has 3 heterocycles. The zero-order valence-electron chi connectivity index (χ0n) is 16.7. The van der Waals surface area contributed by atoms with Crippen LogP contribution >= 0.6 is 0 Å². The number of rotatable bonds is 3. The molecule has 0 bridgehead atoms. The van der Waals surface area contributed by atoms with Crippen molar-refractivity contribution in [2.45, 2.75) is 44.1 Å². The molecule has 3 aliphatic heterocycles. The van der Waals surface area contributed by atoms with Gasteiger partial charge in [0.25, 0.3) is 17.5 Å². The summed E-state index contributed by atoms with van der Waals surface area (Å²) < 4.78 is 0. The van der Waals surface area contributed by atoms with Crippen LogP contribution in [0.3, 0.4) is 0 Å². The van der Waals surface area contributed by atoms with Crippen LogP contribution in [-0.2, 0) is 4.79 Å². The Bertz CT molecular complexity index is 886. The van der Waals surface area contributed by atoms with E-state index in [2.05, 4.69) is 10.6 Å². The number of nitrogens with one attached hydrogen (secondary N) is 2. The minimum atomic E-state index is -0.962. The molecule has 10 heteroatoms.